The molecule has 5 heteroatoms. The van der Waals surface area contributed by atoms with Crippen LogP contribution < -0.4 is 5.32 Å². The van der Waals surface area contributed by atoms with Crippen molar-refractivity contribution in [2.24, 2.45) is 5.92 Å². The maximum absolute atomic E-state index is 13.0. The number of aryl methyl sites for hydroxylation is 1. The fourth-order valence-corrected chi connectivity index (χ4v) is 3.63. The molecule has 0 unspecified atom stereocenters. The summed E-state index contributed by atoms with van der Waals surface area (Å²) in [5, 5.41) is 4.03. The standard InChI is InChI=1S/C24H26N4O/c1-17(2)14-28-16-22(21-6-4-5-7-23(21)28)24(29)26-20-10-8-19(9-11-20)15-27-13-12-25-18(27)3/h4-13,16-17H,14-15H2,1-3H3,(H,26,29). The lowest BCUT2D eigenvalue weighted by atomic mass is 10.1. The number of nitrogens with zero attached hydrogens (tertiary/aromatic N) is 3. The first-order valence-corrected chi connectivity index (χ1v) is 9.97. The summed E-state index contributed by atoms with van der Waals surface area (Å²) in [7, 11) is 0. The van der Waals surface area contributed by atoms with Crippen molar-refractivity contribution in [1.82, 2.24) is 14.1 Å². The van der Waals surface area contributed by atoms with Crippen molar-refractivity contribution in [2.75, 3.05) is 5.32 Å². The molecule has 0 spiro atoms. The summed E-state index contributed by atoms with van der Waals surface area (Å²) in [4.78, 5) is 17.2. The van der Waals surface area contributed by atoms with E-state index in [1.807, 2.05) is 61.8 Å². The summed E-state index contributed by atoms with van der Waals surface area (Å²) in [6, 6.07) is 16.1. The van der Waals surface area contributed by atoms with Crippen molar-refractivity contribution in [3.8, 4) is 0 Å². The topological polar surface area (TPSA) is 51.9 Å². The van der Waals surface area contributed by atoms with E-state index < -0.39 is 0 Å². The number of aromatic nitrogens is 3. The number of carbonyl (C=O) groups excluding carboxylic acids is 1. The Bertz CT molecular complexity index is 1140. The molecule has 4 aromatic rings. The van der Waals surface area contributed by atoms with Crippen LogP contribution in [0.3, 0.4) is 0 Å². The van der Waals surface area contributed by atoms with E-state index in [4.69, 9.17) is 0 Å². The normalized spacial score (nSPS) is 11.3. The maximum Gasteiger partial charge on any atom is 0.257 e. The van der Waals surface area contributed by atoms with E-state index in [2.05, 4.69) is 39.3 Å². The first-order valence-electron chi connectivity index (χ1n) is 9.97. The number of anilines is 1. The molecule has 148 valence electrons. The lowest BCUT2D eigenvalue weighted by Gasteiger charge is -2.08. The first-order chi connectivity index (χ1) is 14.0. The van der Waals surface area contributed by atoms with Crippen LogP contribution >= 0.6 is 0 Å². The predicted octanol–water partition coefficient (Wildman–Crippen LogP) is 5.10. The van der Waals surface area contributed by atoms with Crippen LogP contribution in [0, 0.1) is 12.8 Å². The average molecular weight is 386 g/mol. The van der Waals surface area contributed by atoms with Crippen molar-refractivity contribution >= 4 is 22.5 Å². The zero-order valence-electron chi connectivity index (χ0n) is 17.1. The fraction of sp³-hybridized carbons (Fsp3) is 0.250. The van der Waals surface area contributed by atoms with E-state index in [1.54, 1.807) is 6.20 Å². The van der Waals surface area contributed by atoms with Crippen LogP contribution in [0.15, 0.2) is 67.1 Å². The number of benzene rings is 2. The third-order valence-corrected chi connectivity index (χ3v) is 5.08. The minimum absolute atomic E-state index is 0.0816. The van der Waals surface area contributed by atoms with Gasteiger partial charge in [-0.15, -0.1) is 0 Å². The summed E-state index contributed by atoms with van der Waals surface area (Å²) in [5.74, 6) is 1.41. The molecule has 1 amide bonds. The minimum Gasteiger partial charge on any atom is -0.346 e. The molecule has 0 aliphatic carbocycles. The molecule has 0 bridgehead atoms. The minimum atomic E-state index is -0.0816. The molecule has 0 aliphatic rings. The Hall–Kier alpha value is -3.34. The Balaban J connectivity index is 1.53. The summed E-state index contributed by atoms with van der Waals surface area (Å²) >= 11 is 0. The van der Waals surface area contributed by atoms with Crippen LogP contribution in [-0.4, -0.2) is 20.0 Å². The highest BCUT2D eigenvalue weighted by Crippen LogP contribution is 2.23. The van der Waals surface area contributed by atoms with Crippen LogP contribution in [0.5, 0.6) is 0 Å². The molecule has 5 nitrogen and oxygen atoms in total. The Morgan fingerprint density at radius 1 is 1.07 bits per heavy atom. The highest BCUT2D eigenvalue weighted by atomic mass is 16.1. The second-order valence-corrected chi connectivity index (χ2v) is 7.86. The van der Waals surface area contributed by atoms with Crippen LogP contribution in [0.4, 0.5) is 5.69 Å². The molecule has 0 radical (unpaired) electrons. The Labute approximate surface area is 171 Å². The van der Waals surface area contributed by atoms with Crippen LogP contribution in [0.2, 0.25) is 0 Å². The van der Waals surface area contributed by atoms with Gasteiger partial charge in [0.05, 0.1) is 5.56 Å². The van der Waals surface area contributed by atoms with Gasteiger partial charge in [-0.3, -0.25) is 4.79 Å². The second kappa shape index (κ2) is 7.95. The lowest BCUT2D eigenvalue weighted by Crippen LogP contribution is -2.12. The van der Waals surface area contributed by atoms with Crippen molar-refractivity contribution < 1.29 is 4.79 Å². The number of para-hydroxylation sites is 1. The quantitative estimate of drug-likeness (QED) is 0.501. The number of hydrogen-bond donors (Lipinski definition) is 1. The molecule has 1 N–H and O–H groups in total. The molecule has 0 saturated heterocycles. The molecule has 2 aromatic heterocycles. The van der Waals surface area contributed by atoms with Gasteiger partial charge in [0.25, 0.3) is 5.91 Å². The summed E-state index contributed by atoms with van der Waals surface area (Å²) in [6.07, 6.45) is 5.74. The Kier molecular flexibility index (Phi) is 5.21. The van der Waals surface area contributed by atoms with Gasteiger partial charge in [-0.1, -0.05) is 44.2 Å². The van der Waals surface area contributed by atoms with Gasteiger partial charge in [0.15, 0.2) is 0 Å². The van der Waals surface area contributed by atoms with Crippen LogP contribution in [0.25, 0.3) is 10.9 Å². The van der Waals surface area contributed by atoms with E-state index in [-0.39, 0.29) is 5.91 Å². The number of amides is 1. The van der Waals surface area contributed by atoms with Crippen LogP contribution in [-0.2, 0) is 13.1 Å². The zero-order chi connectivity index (χ0) is 20.4. The first kappa shape index (κ1) is 19.0. The highest BCUT2D eigenvalue weighted by molar-refractivity contribution is 6.13. The van der Waals surface area contributed by atoms with Crippen molar-refractivity contribution in [3.05, 3.63) is 84.1 Å². The summed E-state index contributed by atoms with van der Waals surface area (Å²) in [5.41, 5.74) is 3.76. The number of nitrogens with one attached hydrogen (secondary N) is 1. The van der Waals surface area contributed by atoms with E-state index in [1.165, 1.54) is 0 Å². The number of hydrogen-bond acceptors (Lipinski definition) is 2. The van der Waals surface area contributed by atoms with Gasteiger partial charge in [-0.25, -0.2) is 4.98 Å². The van der Waals surface area contributed by atoms with Gasteiger partial charge in [0, 0.05) is 48.3 Å². The molecule has 2 aromatic carbocycles. The number of fused-ring (bicyclic) bond motifs is 1. The van der Waals surface area contributed by atoms with Gasteiger partial charge in [-0.2, -0.15) is 0 Å². The van der Waals surface area contributed by atoms with Crippen molar-refractivity contribution in [1.29, 1.82) is 0 Å². The van der Waals surface area contributed by atoms with Crippen molar-refractivity contribution in [2.45, 2.75) is 33.9 Å². The molecular weight excluding hydrogens is 360 g/mol. The highest BCUT2D eigenvalue weighted by Gasteiger charge is 2.15. The largest absolute Gasteiger partial charge is 0.346 e. The Morgan fingerprint density at radius 2 is 1.83 bits per heavy atom. The van der Waals surface area contributed by atoms with Gasteiger partial charge < -0.3 is 14.5 Å². The monoisotopic (exact) mass is 386 g/mol. The maximum atomic E-state index is 13.0. The number of rotatable bonds is 6. The summed E-state index contributed by atoms with van der Waals surface area (Å²) in [6.45, 7) is 8.01. The van der Waals surface area contributed by atoms with Gasteiger partial charge in [0.1, 0.15) is 5.82 Å². The molecule has 29 heavy (non-hydrogen) atoms. The van der Waals surface area contributed by atoms with Crippen molar-refractivity contribution in [3.63, 3.8) is 0 Å². The third kappa shape index (κ3) is 4.09. The van der Waals surface area contributed by atoms with Gasteiger partial charge >= 0.3 is 0 Å². The summed E-state index contributed by atoms with van der Waals surface area (Å²) < 4.78 is 4.27. The Morgan fingerprint density at radius 3 is 2.52 bits per heavy atom. The van der Waals surface area contributed by atoms with Crippen LogP contribution in [0.1, 0.15) is 35.6 Å². The lowest BCUT2D eigenvalue weighted by molar-refractivity contribution is 0.102. The molecule has 4 rings (SSSR count). The molecule has 0 fully saturated rings. The molecule has 2 heterocycles. The molecular formula is C24H26N4O. The molecule has 0 saturated carbocycles. The number of carbonyl (C=O) groups is 1. The third-order valence-electron chi connectivity index (χ3n) is 5.08. The molecule has 0 aliphatic heterocycles. The van der Waals surface area contributed by atoms with Gasteiger partial charge in [-0.05, 0) is 36.6 Å². The second-order valence-electron chi connectivity index (χ2n) is 7.86. The van der Waals surface area contributed by atoms with E-state index in [0.717, 1.165) is 41.1 Å². The molecule has 0 atom stereocenters. The smallest absolute Gasteiger partial charge is 0.257 e. The average Bonchev–Trinajstić information content (AvgIpc) is 3.27. The number of imidazole rings is 1. The van der Waals surface area contributed by atoms with E-state index >= 15 is 0 Å². The van der Waals surface area contributed by atoms with Gasteiger partial charge in [0.2, 0.25) is 0 Å². The predicted molar refractivity (Wildman–Crippen MR) is 117 cm³/mol. The van der Waals surface area contributed by atoms with E-state index in [0.29, 0.717) is 11.5 Å². The zero-order valence-corrected chi connectivity index (χ0v) is 17.1. The SMILES string of the molecule is Cc1nccn1Cc1ccc(NC(=O)c2cn(CC(C)C)c3ccccc23)cc1. The fourth-order valence-electron chi connectivity index (χ4n) is 3.63. The van der Waals surface area contributed by atoms with E-state index in [9.17, 15) is 4.79 Å².